The van der Waals surface area contributed by atoms with Gasteiger partial charge in [0.2, 0.25) is 5.88 Å². The summed E-state index contributed by atoms with van der Waals surface area (Å²) in [6.07, 6.45) is 1.06. The Kier molecular flexibility index (Phi) is 3.98. The molecule has 1 amide bonds. The van der Waals surface area contributed by atoms with Crippen molar-refractivity contribution in [3.05, 3.63) is 53.7 Å². The highest BCUT2D eigenvalue weighted by molar-refractivity contribution is 5.94. The number of benzene rings is 1. The van der Waals surface area contributed by atoms with E-state index in [1.807, 2.05) is 31.2 Å². The van der Waals surface area contributed by atoms with Crippen LogP contribution in [0.4, 0.5) is 8.78 Å². The number of aryl methyl sites for hydroxylation is 1. The first kappa shape index (κ1) is 15.4. The second-order valence-corrected chi connectivity index (χ2v) is 5.63. The molecule has 0 bridgehead atoms. The zero-order valence-electron chi connectivity index (χ0n) is 12.6. The molecule has 0 spiro atoms. The average molecular weight is 318 g/mol. The van der Waals surface area contributed by atoms with Crippen molar-refractivity contribution >= 4 is 5.91 Å². The minimum atomic E-state index is -2.79. The minimum Gasteiger partial charge on any atom is -0.439 e. The zero-order valence-corrected chi connectivity index (χ0v) is 12.6. The van der Waals surface area contributed by atoms with E-state index >= 15 is 0 Å². The van der Waals surface area contributed by atoms with Gasteiger partial charge in [0.25, 0.3) is 11.8 Å². The summed E-state index contributed by atoms with van der Waals surface area (Å²) in [5, 5.41) is 0. The van der Waals surface area contributed by atoms with Crippen LogP contribution in [-0.4, -0.2) is 34.8 Å². The maximum atomic E-state index is 13.2. The van der Waals surface area contributed by atoms with Crippen LogP contribution in [0.25, 0.3) is 0 Å². The number of carbonyl (C=O) groups excluding carboxylic acids is 1. The van der Waals surface area contributed by atoms with E-state index < -0.39 is 18.4 Å². The smallest absolute Gasteiger partial charge is 0.267 e. The molecule has 0 atom stereocenters. The number of alkyl halides is 2. The Balaban J connectivity index is 1.67. The van der Waals surface area contributed by atoms with E-state index in [-0.39, 0.29) is 18.5 Å². The number of nitrogens with zero attached hydrogens (tertiary/aromatic N) is 2. The third kappa shape index (κ3) is 3.64. The molecule has 6 heteroatoms. The Morgan fingerprint density at radius 3 is 2.52 bits per heavy atom. The molecule has 0 saturated carbocycles. The van der Waals surface area contributed by atoms with Crippen LogP contribution in [0.15, 0.2) is 42.6 Å². The summed E-state index contributed by atoms with van der Waals surface area (Å²) in [7, 11) is 0. The number of amides is 1. The second-order valence-electron chi connectivity index (χ2n) is 5.63. The van der Waals surface area contributed by atoms with Crippen LogP contribution < -0.4 is 4.74 Å². The predicted octanol–water partition coefficient (Wildman–Crippen LogP) is 3.66. The molecule has 3 rings (SSSR count). The molecule has 1 aliphatic heterocycles. The van der Waals surface area contributed by atoms with Gasteiger partial charge in [0.1, 0.15) is 5.75 Å². The quantitative estimate of drug-likeness (QED) is 0.867. The van der Waals surface area contributed by atoms with Gasteiger partial charge in [-0.25, -0.2) is 13.8 Å². The average Bonchev–Trinajstić information content (AvgIpc) is 2.90. The van der Waals surface area contributed by atoms with Crippen molar-refractivity contribution in [3.8, 4) is 11.6 Å². The van der Waals surface area contributed by atoms with E-state index in [4.69, 9.17) is 4.74 Å². The fraction of sp³-hybridized carbons (Fsp3) is 0.294. The minimum absolute atomic E-state index is 0.0629. The first-order valence-corrected chi connectivity index (χ1v) is 7.31. The van der Waals surface area contributed by atoms with Gasteiger partial charge < -0.3 is 9.64 Å². The second kappa shape index (κ2) is 5.95. The van der Waals surface area contributed by atoms with E-state index in [1.54, 1.807) is 6.07 Å². The Morgan fingerprint density at radius 2 is 1.96 bits per heavy atom. The maximum Gasteiger partial charge on any atom is 0.267 e. The van der Waals surface area contributed by atoms with Crippen LogP contribution >= 0.6 is 0 Å². The first-order valence-electron chi connectivity index (χ1n) is 7.31. The lowest BCUT2D eigenvalue weighted by Gasteiger charge is -2.16. The van der Waals surface area contributed by atoms with Gasteiger partial charge in [0.15, 0.2) is 0 Å². The van der Waals surface area contributed by atoms with Crippen molar-refractivity contribution in [1.29, 1.82) is 0 Å². The van der Waals surface area contributed by atoms with Crippen molar-refractivity contribution in [3.63, 3.8) is 0 Å². The zero-order chi connectivity index (χ0) is 16.4. The number of carbonyl (C=O) groups is 1. The van der Waals surface area contributed by atoms with Crippen molar-refractivity contribution < 1.29 is 18.3 Å². The normalized spacial score (nSPS) is 16.4. The summed E-state index contributed by atoms with van der Waals surface area (Å²) < 4.78 is 31.9. The topological polar surface area (TPSA) is 42.4 Å². The van der Waals surface area contributed by atoms with Crippen LogP contribution in [0.5, 0.6) is 11.6 Å². The van der Waals surface area contributed by atoms with Crippen molar-refractivity contribution in [2.45, 2.75) is 19.3 Å². The summed E-state index contributed by atoms with van der Waals surface area (Å²) in [5.74, 6) is -2.24. The third-order valence-corrected chi connectivity index (χ3v) is 3.68. The largest absolute Gasteiger partial charge is 0.439 e. The molecule has 0 N–H and O–H groups in total. The highest BCUT2D eigenvalue weighted by atomic mass is 19.3. The molecule has 1 aromatic heterocycles. The van der Waals surface area contributed by atoms with E-state index in [0.717, 1.165) is 10.5 Å². The fourth-order valence-electron chi connectivity index (χ4n) is 2.39. The van der Waals surface area contributed by atoms with Crippen LogP contribution in [0, 0.1) is 6.92 Å². The molecule has 1 aliphatic rings. The lowest BCUT2D eigenvalue weighted by Crippen LogP contribution is -2.31. The number of ether oxygens (including phenoxy) is 1. The van der Waals surface area contributed by atoms with Gasteiger partial charge in [0, 0.05) is 25.2 Å². The molecule has 1 aromatic carbocycles. The molecule has 2 aromatic rings. The monoisotopic (exact) mass is 318 g/mol. The number of aromatic nitrogens is 1. The number of hydrogen-bond acceptors (Lipinski definition) is 3. The lowest BCUT2D eigenvalue weighted by atomic mass is 10.2. The summed E-state index contributed by atoms with van der Waals surface area (Å²) >= 11 is 0. The number of hydrogen-bond donors (Lipinski definition) is 0. The summed E-state index contributed by atoms with van der Waals surface area (Å²) in [5.41, 5.74) is 1.40. The number of likely N-dealkylation sites (tertiary alicyclic amines) is 1. The standard InChI is InChI=1S/C17H16F2N2O2/c1-12-2-5-14(6-3-12)23-15-7-4-13(10-20-15)16(22)21-9-8-17(18,19)11-21/h2-7,10H,8-9,11H2,1H3. The SMILES string of the molecule is Cc1ccc(Oc2ccc(C(=O)N3CCC(F)(F)C3)cn2)cc1. The van der Waals surface area contributed by atoms with Gasteiger partial charge in [-0.2, -0.15) is 0 Å². The van der Waals surface area contributed by atoms with Gasteiger partial charge in [-0.1, -0.05) is 17.7 Å². The van der Waals surface area contributed by atoms with Crippen LogP contribution in [0.3, 0.4) is 0 Å². The summed E-state index contributed by atoms with van der Waals surface area (Å²) in [6.45, 7) is 1.51. The highest BCUT2D eigenvalue weighted by Crippen LogP contribution is 2.28. The predicted molar refractivity (Wildman–Crippen MR) is 81.0 cm³/mol. The molecule has 0 radical (unpaired) electrons. The number of rotatable bonds is 3. The van der Waals surface area contributed by atoms with Gasteiger partial charge >= 0.3 is 0 Å². The van der Waals surface area contributed by atoms with Gasteiger partial charge in [-0.05, 0) is 25.1 Å². The van der Waals surface area contributed by atoms with Crippen LogP contribution in [-0.2, 0) is 0 Å². The Labute approximate surface area is 132 Å². The molecule has 0 unspecified atom stereocenters. The molecular weight excluding hydrogens is 302 g/mol. The third-order valence-electron chi connectivity index (χ3n) is 3.68. The Bertz CT molecular complexity index is 700. The maximum absolute atomic E-state index is 13.2. The molecule has 2 heterocycles. The van der Waals surface area contributed by atoms with Crippen molar-refractivity contribution in [1.82, 2.24) is 9.88 Å². The van der Waals surface area contributed by atoms with Crippen LogP contribution in [0.2, 0.25) is 0 Å². The molecule has 4 nitrogen and oxygen atoms in total. The number of halogens is 2. The van der Waals surface area contributed by atoms with E-state index in [1.165, 1.54) is 12.3 Å². The first-order chi connectivity index (χ1) is 10.9. The molecule has 1 saturated heterocycles. The van der Waals surface area contributed by atoms with Gasteiger partial charge in [-0.15, -0.1) is 0 Å². The van der Waals surface area contributed by atoms with Crippen molar-refractivity contribution in [2.24, 2.45) is 0 Å². The van der Waals surface area contributed by atoms with Gasteiger partial charge in [0.05, 0.1) is 12.1 Å². The molecule has 1 fully saturated rings. The highest BCUT2D eigenvalue weighted by Gasteiger charge is 2.40. The lowest BCUT2D eigenvalue weighted by molar-refractivity contribution is 0.0120. The van der Waals surface area contributed by atoms with Gasteiger partial charge in [-0.3, -0.25) is 4.79 Å². The number of pyridine rings is 1. The van der Waals surface area contributed by atoms with E-state index in [2.05, 4.69) is 4.98 Å². The van der Waals surface area contributed by atoms with E-state index in [9.17, 15) is 13.6 Å². The van der Waals surface area contributed by atoms with E-state index in [0.29, 0.717) is 11.6 Å². The summed E-state index contributed by atoms with van der Waals surface area (Å²) in [6, 6.07) is 10.6. The molecule has 0 aliphatic carbocycles. The molecular formula is C17H16F2N2O2. The Hall–Kier alpha value is -2.50. The molecule has 23 heavy (non-hydrogen) atoms. The van der Waals surface area contributed by atoms with Crippen molar-refractivity contribution in [2.75, 3.05) is 13.1 Å². The summed E-state index contributed by atoms with van der Waals surface area (Å²) in [4.78, 5) is 17.4. The molecule has 120 valence electrons. The Morgan fingerprint density at radius 1 is 1.22 bits per heavy atom. The fourth-order valence-corrected chi connectivity index (χ4v) is 2.39. The van der Waals surface area contributed by atoms with Crippen LogP contribution in [0.1, 0.15) is 22.3 Å².